The van der Waals surface area contributed by atoms with Gasteiger partial charge >= 0.3 is 6.09 Å². The van der Waals surface area contributed by atoms with Crippen LogP contribution in [0.15, 0.2) is 71.5 Å². The van der Waals surface area contributed by atoms with Crippen LogP contribution >= 0.6 is 15.9 Å². The van der Waals surface area contributed by atoms with Crippen molar-refractivity contribution in [3.05, 3.63) is 88.2 Å². The minimum atomic E-state index is -0.389. The summed E-state index contributed by atoms with van der Waals surface area (Å²) in [5, 5.41) is 2.91. The average molecular weight is 437 g/mol. The van der Waals surface area contributed by atoms with Crippen molar-refractivity contribution in [1.29, 1.82) is 0 Å². The summed E-state index contributed by atoms with van der Waals surface area (Å²) >= 11 is 3.33. The van der Waals surface area contributed by atoms with Gasteiger partial charge in [-0.1, -0.05) is 54.6 Å². The Morgan fingerprint density at radius 3 is 2.32 bits per heavy atom. The summed E-state index contributed by atoms with van der Waals surface area (Å²) in [6.07, 6.45) is 2.12. The molecule has 0 spiro atoms. The fraction of sp³-hybridized carbons (Fsp3) is 0.217. The normalized spacial score (nSPS) is 13.5. The SMILES string of the molecule is C[C@@H](Cc1ccc(Br)nc1)NC(=O)OCC1c2ccccc2-c2ccccc21. The molecule has 4 nitrogen and oxygen atoms in total. The highest BCUT2D eigenvalue weighted by Gasteiger charge is 2.29. The predicted octanol–water partition coefficient (Wildman–Crippen LogP) is 5.31. The number of alkyl carbamates (subject to hydrolysis) is 1. The van der Waals surface area contributed by atoms with Crippen molar-refractivity contribution in [2.75, 3.05) is 6.61 Å². The average Bonchev–Trinajstić information content (AvgIpc) is 3.02. The molecule has 142 valence electrons. The molecule has 0 fully saturated rings. The lowest BCUT2D eigenvalue weighted by Crippen LogP contribution is -2.35. The fourth-order valence-electron chi connectivity index (χ4n) is 3.77. The Bertz CT molecular complexity index is 942. The molecule has 1 aliphatic carbocycles. The summed E-state index contributed by atoms with van der Waals surface area (Å²) < 4.78 is 6.39. The third-order valence-corrected chi connectivity index (χ3v) is 5.51. The minimum Gasteiger partial charge on any atom is -0.449 e. The van der Waals surface area contributed by atoms with Crippen LogP contribution in [-0.2, 0) is 11.2 Å². The number of carbonyl (C=O) groups excluding carboxylic acids is 1. The predicted molar refractivity (Wildman–Crippen MR) is 113 cm³/mol. The molecular formula is C23H21BrN2O2. The number of amides is 1. The second-order valence-electron chi connectivity index (χ2n) is 7.06. The molecule has 1 atom stereocenters. The first kappa shape index (κ1) is 18.7. The summed E-state index contributed by atoms with van der Waals surface area (Å²) in [5.74, 6) is 0.0733. The van der Waals surface area contributed by atoms with E-state index in [2.05, 4.69) is 50.5 Å². The van der Waals surface area contributed by atoms with Crippen LogP contribution in [0.4, 0.5) is 4.79 Å². The molecule has 28 heavy (non-hydrogen) atoms. The molecule has 1 heterocycles. The van der Waals surface area contributed by atoms with Gasteiger partial charge in [0, 0.05) is 18.2 Å². The van der Waals surface area contributed by atoms with E-state index in [1.54, 1.807) is 6.20 Å². The van der Waals surface area contributed by atoms with E-state index in [1.165, 1.54) is 22.3 Å². The second kappa shape index (κ2) is 8.15. The van der Waals surface area contributed by atoms with E-state index in [1.807, 2.05) is 43.3 Å². The van der Waals surface area contributed by atoms with Crippen LogP contribution in [0.5, 0.6) is 0 Å². The van der Waals surface area contributed by atoms with Gasteiger partial charge in [0.05, 0.1) is 0 Å². The zero-order chi connectivity index (χ0) is 19.5. The quantitative estimate of drug-likeness (QED) is 0.551. The summed E-state index contributed by atoms with van der Waals surface area (Å²) in [6.45, 7) is 2.29. The van der Waals surface area contributed by atoms with Crippen LogP contribution in [0.3, 0.4) is 0 Å². The van der Waals surface area contributed by atoms with Crippen molar-refractivity contribution < 1.29 is 9.53 Å². The summed E-state index contributed by atoms with van der Waals surface area (Å²) in [5.41, 5.74) is 5.94. The van der Waals surface area contributed by atoms with Gasteiger partial charge in [0.15, 0.2) is 0 Å². The lowest BCUT2D eigenvalue weighted by molar-refractivity contribution is 0.139. The molecule has 5 heteroatoms. The van der Waals surface area contributed by atoms with Gasteiger partial charge in [-0.05, 0) is 63.2 Å². The number of aromatic nitrogens is 1. The van der Waals surface area contributed by atoms with Crippen molar-refractivity contribution in [2.24, 2.45) is 0 Å². The van der Waals surface area contributed by atoms with Gasteiger partial charge in [-0.2, -0.15) is 0 Å². The monoisotopic (exact) mass is 436 g/mol. The molecule has 4 rings (SSSR count). The van der Waals surface area contributed by atoms with E-state index in [4.69, 9.17) is 4.74 Å². The molecule has 0 saturated carbocycles. The molecule has 0 bridgehead atoms. The van der Waals surface area contributed by atoms with Crippen LogP contribution < -0.4 is 5.32 Å². The van der Waals surface area contributed by atoms with Crippen LogP contribution in [0.1, 0.15) is 29.5 Å². The molecule has 1 aliphatic rings. The van der Waals surface area contributed by atoms with Gasteiger partial charge in [-0.25, -0.2) is 9.78 Å². The Morgan fingerprint density at radius 2 is 1.71 bits per heavy atom. The molecule has 1 aromatic heterocycles. The van der Waals surface area contributed by atoms with E-state index >= 15 is 0 Å². The number of fused-ring (bicyclic) bond motifs is 3. The number of carbonyl (C=O) groups is 1. The Morgan fingerprint density at radius 1 is 1.07 bits per heavy atom. The lowest BCUT2D eigenvalue weighted by Gasteiger charge is -2.17. The largest absolute Gasteiger partial charge is 0.449 e. The highest BCUT2D eigenvalue weighted by atomic mass is 79.9. The van der Waals surface area contributed by atoms with Crippen LogP contribution in [0.2, 0.25) is 0 Å². The number of rotatable bonds is 5. The van der Waals surface area contributed by atoms with Crippen LogP contribution in [0, 0.1) is 0 Å². The Kier molecular flexibility index (Phi) is 5.44. The molecule has 3 aromatic rings. The van der Waals surface area contributed by atoms with Crippen molar-refractivity contribution in [1.82, 2.24) is 10.3 Å². The molecule has 1 amide bonds. The second-order valence-corrected chi connectivity index (χ2v) is 7.88. The first-order valence-corrected chi connectivity index (χ1v) is 10.1. The minimum absolute atomic E-state index is 0.0429. The number of hydrogen-bond donors (Lipinski definition) is 1. The molecule has 0 radical (unpaired) electrons. The maximum atomic E-state index is 12.3. The summed E-state index contributed by atoms with van der Waals surface area (Å²) in [6, 6.07) is 20.5. The maximum absolute atomic E-state index is 12.3. The van der Waals surface area contributed by atoms with Crippen LogP contribution in [0.25, 0.3) is 11.1 Å². The van der Waals surface area contributed by atoms with Gasteiger partial charge in [-0.3, -0.25) is 0 Å². The number of ether oxygens (including phenoxy) is 1. The summed E-state index contributed by atoms with van der Waals surface area (Å²) in [4.78, 5) is 16.5. The number of hydrogen-bond acceptors (Lipinski definition) is 3. The van der Waals surface area contributed by atoms with Crippen molar-refractivity contribution >= 4 is 22.0 Å². The smallest absolute Gasteiger partial charge is 0.407 e. The fourth-order valence-corrected chi connectivity index (χ4v) is 4.01. The lowest BCUT2D eigenvalue weighted by atomic mass is 9.98. The van der Waals surface area contributed by atoms with E-state index in [-0.39, 0.29) is 18.1 Å². The number of nitrogens with one attached hydrogen (secondary N) is 1. The highest BCUT2D eigenvalue weighted by molar-refractivity contribution is 9.10. The molecule has 1 N–H and O–H groups in total. The van der Waals surface area contributed by atoms with E-state index in [9.17, 15) is 4.79 Å². The third-order valence-electron chi connectivity index (χ3n) is 5.04. The molecule has 0 saturated heterocycles. The maximum Gasteiger partial charge on any atom is 0.407 e. The van der Waals surface area contributed by atoms with E-state index in [0.29, 0.717) is 13.0 Å². The highest BCUT2D eigenvalue weighted by Crippen LogP contribution is 2.44. The van der Waals surface area contributed by atoms with E-state index < -0.39 is 0 Å². The Labute approximate surface area is 173 Å². The number of halogens is 1. The zero-order valence-corrected chi connectivity index (χ0v) is 17.1. The Balaban J connectivity index is 1.38. The van der Waals surface area contributed by atoms with Gasteiger partial charge < -0.3 is 10.1 Å². The molecular weight excluding hydrogens is 416 g/mol. The number of nitrogens with zero attached hydrogens (tertiary/aromatic N) is 1. The van der Waals surface area contributed by atoms with Gasteiger partial charge in [0.2, 0.25) is 0 Å². The molecule has 0 aliphatic heterocycles. The first-order chi connectivity index (χ1) is 13.6. The zero-order valence-electron chi connectivity index (χ0n) is 15.6. The topological polar surface area (TPSA) is 51.2 Å². The van der Waals surface area contributed by atoms with Crippen LogP contribution in [-0.4, -0.2) is 23.7 Å². The standard InChI is InChI=1S/C23H21BrN2O2/c1-15(12-16-10-11-22(24)25-13-16)26-23(27)28-14-21-19-8-4-2-6-17(19)18-7-3-5-9-20(18)21/h2-11,13,15,21H,12,14H2,1H3,(H,26,27)/t15-/m0/s1. The van der Waals surface area contributed by atoms with Crippen molar-refractivity contribution in [2.45, 2.75) is 25.3 Å². The number of pyridine rings is 1. The molecule has 2 aromatic carbocycles. The van der Waals surface area contributed by atoms with Crippen molar-refractivity contribution in [3.63, 3.8) is 0 Å². The van der Waals surface area contributed by atoms with Crippen molar-refractivity contribution in [3.8, 4) is 11.1 Å². The van der Waals surface area contributed by atoms with Gasteiger partial charge in [0.25, 0.3) is 0 Å². The molecule has 0 unspecified atom stereocenters. The number of benzene rings is 2. The summed E-state index contributed by atoms with van der Waals surface area (Å²) in [7, 11) is 0. The Hall–Kier alpha value is -2.66. The first-order valence-electron chi connectivity index (χ1n) is 9.34. The van der Waals surface area contributed by atoms with E-state index in [0.717, 1.165) is 10.2 Å². The van der Waals surface area contributed by atoms with Gasteiger partial charge in [0.1, 0.15) is 11.2 Å². The third kappa shape index (κ3) is 3.94. The van der Waals surface area contributed by atoms with Gasteiger partial charge in [-0.15, -0.1) is 0 Å².